The SMILES string of the molecule is CC(C)CCCCCC(=O)c1ccco1. The quantitative estimate of drug-likeness (QED) is 0.499. The third-order valence-corrected chi connectivity index (χ3v) is 2.48. The van der Waals surface area contributed by atoms with Crippen LogP contribution in [0.5, 0.6) is 0 Å². The number of ketones is 1. The fraction of sp³-hybridized carbons (Fsp3) is 0.615. The molecule has 1 aromatic rings. The van der Waals surface area contributed by atoms with Gasteiger partial charge < -0.3 is 4.42 Å². The van der Waals surface area contributed by atoms with E-state index in [9.17, 15) is 4.79 Å². The van der Waals surface area contributed by atoms with Gasteiger partial charge >= 0.3 is 0 Å². The Morgan fingerprint density at radius 2 is 2.13 bits per heavy atom. The molecule has 0 saturated carbocycles. The number of carbonyl (C=O) groups excluding carboxylic acids is 1. The average molecular weight is 208 g/mol. The van der Waals surface area contributed by atoms with Crippen LogP contribution in [-0.4, -0.2) is 5.78 Å². The first kappa shape index (κ1) is 12.0. The zero-order valence-corrected chi connectivity index (χ0v) is 9.66. The molecule has 0 radical (unpaired) electrons. The summed E-state index contributed by atoms with van der Waals surface area (Å²) in [6, 6.07) is 3.49. The predicted octanol–water partition coefficient (Wildman–Crippen LogP) is 4.07. The third-order valence-electron chi connectivity index (χ3n) is 2.48. The van der Waals surface area contributed by atoms with E-state index in [0.717, 1.165) is 18.8 Å². The Morgan fingerprint density at radius 3 is 2.73 bits per heavy atom. The third kappa shape index (κ3) is 4.82. The van der Waals surface area contributed by atoms with Gasteiger partial charge in [-0.3, -0.25) is 4.79 Å². The van der Waals surface area contributed by atoms with Gasteiger partial charge in [0.15, 0.2) is 11.5 Å². The molecule has 2 heteroatoms. The van der Waals surface area contributed by atoms with Crippen molar-refractivity contribution in [3.05, 3.63) is 24.2 Å². The van der Waals surface area contributed by atoms with Gasteiger partial charge in [0, 0.05) is 6.42 Å². The van der Waals surface area contributed by atoms with Crippen LogP contribution in [0.4, 0.5) is 0 Å². The van der Waals surface area contributed by atoms with Gasteiger partial charge in [0.05, 0.1) is 6.26 Å². The number of hydrogen-bond acceptors (Lipinski definition) is 2. The van der Waals surface area contributed by atoms with Crippen LogP contribution in [-0.2, 0) is 0 Å². The molecule has 0 bridgehead atoms. The summed E-state index contributed by atoms with van der Waals surface area (Å²) < 4.78 is 5.04. The van der Waals surface area contributed by atoms with Crippen molar-refractivity contribution in [1.29, 1.82) is 0 Å². The van der Waals surface area contributed by atoms with Crippen LogP contribution >= 0.6 is 0 Å². The summed E-state index contributed by atoms with van der Waals surface area (Å²) in [7, 11) is 0. The Hall–Kier alpha value is -1.05. The molecule has 0 fully saturated rings. The van der Waals surface area contributed by atoms with Crippen LogP contribution in [0, 0.1) is 5.92 Å². The maximum Gasteiger partial charge on any atom is 0.197 e. The Labute approximate surface area is 91.7 Å². The predicted molar refractivity (Wildman–Crippen MR) is 61.0 cm³/mol. The lowest BCUT2D eigenvalue weighted by atomic mass is 10.0. The van der Waals surface area contributed by atoms with Crippen LogP contribution in [0.15, 0.2) is 22.8 Å². The normalized spacial score (nSPS) is 10.9. The Bertz CT molecular complexity index is 273. The average Bonchev–Trinajstić information content (AvgIpc) is 2.69. The summed E-state index contributed by atoms with van der Waals surface area (Å²) in [6.07, 6.45) is 6.77. The molecule has 2 nitrogen and oxygen atoms in total. The molecule has 0 aromatic carbocycles. The highest BCUT2D eigenvalue weighted by molar-refractivity contribution is 5.93. The minimum atomic E-state index is 0.129. The molecular formula is C13H20O2. The van der Waals surface area contributed by atoms with Crippen molar-refractivity contribution in [2.75, 3.05) is 0 Å². The summed E-state index contributed by atoms with van der Waals surface area (Å²) >= 11 is 0. The maximum atomic E-state index is 11.5. The Morgan fingerprint density at radius 1 is 1.33 bits per heavy atom. The van der Waals surface area contributed by atoms with Crippen molar-refractivity contribution in [3.8, 4) is 0 Å². The van der Waals surface area contributed by atoms with Gasteiger partial charge in [0.2, 0.25) is 0 Å². The van der Waals surface area contributed by atoms with Crippen molar-refractivity contribution < 1.29 is 9.21 Å². The molecule has 84 valence electrons. The molecule has 0 amide bonds. The van der Waals surface area contributed by atoms with E-state index in [1.54, 1.807) is 18.4 Å². The number of hydrogen-bond donors (Lipinski definition) is 0. The zero-order valence-electron chi connectivity index (χ0n) is 9.66. The van der Waals surface area contributed by atoms with E-state index in [-0.39, 0.29) is 5.78 Å². The summed E-state index contributed by atoms with van der Waals surface area (Å²) in [5.74, 6) is 1.40. The second kappa shape index (κ2) is 6.44. The van der Waals surface area contributed by atoms with Gasteiger partial charge in [0.25, 0.3) is 0 Å². The van der Waals surface area contributed by atoms with Crippen molar-refractivity contribution in [2.24, 2.45) is 5.92 Å². The van der Waals surface area contributed by atoms with Crippen LogP contribution in [0.3, 0.4) is 0 Å². The number of furan rings is 1. The van der Waals surface area contributed by atoms with Crippen LogP contribution in [0.2, 0.25) is 0 Å². The first-order valence-electron chi connectivity index (χ1n) is 5.77. The molecule has 0 aliphatic heterocycles. The monoisotopic (exact) mass is 208 g/mol. The lowest BCUT2D eigenvalue weighted by molar-refractivity contribution is 0.0952. The zero-order chi connectivity index (χ0) is 11.1. The van der Waals surface area contributed by atoms with E-state index in [2.05, 4.69) is 13.8 Å². The number of carbonyl (C=O) groups is 1. The van der Waals surface area contributed by atoms with Gasteiger partial charge in [-0.25, -0.2) is 0 Å². The first-order chi connectivity index (χ1) is 7.20. The van der Waals surface area contributed by atoms with E-state index in [1.165, 1.54) is 12.8 Å². The lowest BCUT2D eigenvalue weighted by Crippen LogP contribution is -1.97. The minimum absolute atomic E-state index is 0.129. The molecule has 0 aliphatic carbocycles. The van der Waals surface area contributed by atoms with Gasteiger partial charge in [0.1, 0.15) is 0 Å². The van der Waals surface area contributed by atoms with E-state index < -0.39 is 0 Å². The highest BCUT2D eigenvalue weighted by atomic mass is 16.3. The highest BCUT2D eigenvalue weighted by Crippen LogP contribution is 2.12. The smallest absolute Gasteiger partial charge is 0.197 e. The minimum Gasteiger partial charge on any atom is -0.461 e. The molecule has 1 rings (SSSR count). The van der Waals surface area contributed by atoms with Gasteiger partial charge in [-0.1, -0.05) is 33.1 Å². The van der Waals surface area contributed by atoms with E-state index in [4.69, 9.17) is 4.42 Å². The molecular weight excluding hydrogens is 188 g/mol. The highest BCUT2D eigenvalue weighted by Gasteiger charge is 2.07. The van der Waals surface area contributed by atoms with Crippen molar-refractivity contribution in [2.45, 2.75) is 46.0 Å². The second-order valence-electron chi connectivity index (χ2n) is 4.39. The lowest BCUT2D eigenvalue weighted by Gasteiger charge is -2.03. The van der Waals surface area contributed by atoms with Crippen molar-refractivity contribution in [1.82, 2.24) is 0 Å². The fourth-order valence-corrected chi connectivity index (χ4v) is 1.58. The fourth-order valence-electron chi connectivity index (χ4n) is 1.58. The van der Waals surface area contributed by atoms with E-state index >= 15 is 0 Å². The first-order valence-corrected chi connectivity index (χ1v) is 5.77. The molecule has 1 heterocycles. The van der Waals surface area contributed by atoms with Crippen LogP contribution in [0.25, 0.3) is 0 Å². The van der Waals surface area contributed by atoms with Gasteiger partial charge in [-0.2, -0.15) is 0 Å². The maximum absolute atomic E-state index is 11.5. The molecule has 0 atom stereocenters. The second-order valence-corrected chi connectivity index (χ2v) is 4.39. The molecule has 0 aliphatic rings. The summed E-state index contributed by atoms with van der Waals surface area (Å²) in [6.45, 7) is 4.46. The topological polar surface area (TPSA) is 30.2 Å². The Balaban J connectivity index is 2.08. The standard InChI is InChI=1S/C13H20O2/c1-11(2)7-4-3-5-8-12(14)13-9-6-10-15-13/h6,9-11H,3-5,7-8H2,1-2H3. The van der Waals surface area contributed by atoms with Gasteiger partial charge in [-0.05, 0) is 24.5 Å². The Kier molecular flexibility index (Phi) is 5.16. The summed E-state index contributed by atoms with van der Waals surface area (Å²) in [5.41, 5.74) is 0. The number of Topliss-reactive ketones (excluding diaryl/α,β-unsaturated/α-hetero) is 1. The van der Waals surface area contributed by atoms with Crippen molar-refractivity contribution in [3.63, 3.8) is 0 Å². The molecule has 15 heavy (non-hydrogen) atoms. The summed E-state index contributed by atoms with van der Waals surface area (Å²) in [4.78, 5) is 11.5. The molecule has 0 unspecified atom stereocenters. The van der Waals surface area contributed by atoms with Crippen molar-refractivity contribution >= 4 is 5.78 Å². The molecule has 0 N–H and O–H groups in total. The van der Waals surface area contributed by atoms with Crippen LogP contribution in [0.1, 0.15) is 56.5 Å². The number of unbranched alkanes of at least 4 members (excludes halogenated alkanes) is 2. The molecule has 0 saturated heterocycles. The molecule has 0 spiro atoms. The molecule has 1 aromatic heterocycles. The van der Waals surface area contributed by atoms with Crippen LogP contribution < -0.4 is 0 Å². The number of rotatable bonds is 7. The van der Waals surface area contributed by atoms with E-state index in [0.29, 0.717) is 12.2 Å². The summed E-state index contributed by atoms with van der Waals surface area (Å²) in [5, 5.41) is 0. The van der Waals surface area contributed by atoms with E-state index in [1.807, 2.05) is 0 Å². The largest absolute Gasteiger partial charge is 0.461 e. The van der Waals surface area contributed by atoms with Gasteiger partial charge in [-0.15, -0.1) is 0 Å².